The Hall–Kier alpha value is -4.28. The van der Waals surface area contributed by atoms with E-state index < -0.39 is 47.7 Å². The molecule has 2 bridgehead atoms. The van der Waals surface area contributed by atoms with Crippen LogP contribution in [0.15, 0.2) is 86.0 Å². The van der Waals surface area contributed by atoms with Gasteiger partial charge in [0, 0.05) is 39.7 Å². The Labute approximate surface area is 302 Å². The number of allylic oxidation sites excluding steroid dienone is 1. The van der Waals surface area contributed by atoms with E-state index in [4.69, 9.17) is 9.47 Å². The number of amides is 3. The van der Waals surface area contributed by atoms with Crippen molar-refractivity contribution in [1.82, 2.24) is 14.7 Å². The van der Waals surface area contributed by atoms with Gasteiger partial charge in [0.05, 0.1) is 24.0 Å². The molecule has 274 valence electrons. The molecule has 3 amide bonds. The SMILES string of the molecule is C=CCCC(=O)N(C)[C@H](C)[C@H](OC(=O)[C@@H]1[C@@H]2CC[C@]3(O2)[C@H](C(=O)N(CC=C)Cc2ccccc2)N(CCCCCCO)C(=O)[C@@H]13)c1ccccc1. The molecule has 10 heteroatoms. The normalized spacial score (nSPS) is 24.5. The Kier molecular flexibility index (Phi) is 12.9. The quantitative estimate of drug-likeness (QED) is 0.121. The highest BCUT2D eigenvalue weighted by Gasteiger charge is 2.75. The van der Waals surface area contributed by atoms with Gasteiger partial charge in [-0.05, 0) is 50.2 Å². The number of benzene rings is 2. The summed E-state index contributed by atoms with van der Waals surface area (Å²) in [5.41, 5.74) is 0.514. The first-order chi connectivity index (χ1) is 24.7. The van der Waals surface area contributed by atoms with Gasteiger partial charge in [-0.15, -0.1) is 13.2 Å². The van der Waals surface area contributed by atoms with E-state index in [-0.39, 0.29) is 37.3 Å². The van der Waals surface area contributed by atoms with Crippen molar-refractivity contribution in [1.29, 1.82) is 0 Å². The van der Waals surface area contributed by atoms with E-state index in [0.717, 1.165) is 24.0 Å². The summed E-state index contributed by atoms with van der Waals surface area (Å²) in [5.74, 6) is -2.92. The molecule has 5 rings (SSSR count). The number of unbranched alkanes of at least 4 members (excludes halogenated alkanes) is 3. The molecule has 1 N–H and O–H groups in total. The van der Waals surface area contributed by atoms with Crippen LogP contribution in [-0.4, -0.2) is 94.0 Å². The smallest absolute Gasteiger partial charge is 0.313 e. The van der Waals surface area contributed by atoms with Crippen molar-refractivity contribution in [2.75, 3.05) is 26.7 Å². The third kappa shape index (κ3) is 7.97. The van der Waals surface area contributed by atoms with Crippen LogP contribution in [0.2, 0.25) is 0 Å². The molecule has 0 saturated carbocycles. The predicted octanol–water partition coefficient (Wildman–Crippen LogP) is 5.23. The molecule has 7 atom stereocenters. The number of likely N-dealkylation sites (N-methyl/N-ethyl adjacent to an activating group) is 1. The maximum Gasteiger partial charge on any atom is 0.313 e. The van der Waals surface area contributed by atoms with Crippen LogP contribution in [0.25, 0.3) is 0 Å². The number of aliphatic hydroxyl groups is 1. The fourth-order valence-corrected chi connectivity index (χ4v) is 8.18. The summed E-state index contributed by atoms with van der Waals surface area (Å²) in [6.07, 6.45) is 6.73. The summed E-state index contributed by atoms with van der Waals surface area (Å²) in [6, 6.07) is 17.6. The maximum absolute atomic E-state index is 14.7. The van der Waals surface area contributed by atoms with E-state index in [1.807, 2.05) is 67.6 Å². The lowest BCUT2D eigenvalue weighted by atomic mass is 9.70. The minimum atomic E-state index is -1.17. The number of fused-ring (bicyclic) bond motifs is 1. The van der Waals surface area contributed by atoms with Gasteiger partial charge in [0.1, 0.15) is 17.7 Å². The molecule has 2 aromatic carbocycles. The molecule has 10 nitrogen and oxygen atoms in total. The topological polar surface area (TPSA) is 117 Å². The van der Waals surface area contributed by atoms with E-state index >= 15 is 0 Å². The standard InChI is InChI=1S/C41H53N3O7/c1-5-7-22-33(46)42(4)29(3)36(31-20-14-11-15-21-31)50-40(49)34-32-23-24-41(51-32)35(34)38(47)44(26-16-8-9-17-27-45)37(41)39(48)43(25-6-2)28-30-18-12-10-13-19-30/h5-6,10-15,18-21,29,32,34-37,45H,1-2,7-9,16-17,22-28H2,3-4H3/t29-,32+,34-,35-,36+,37+,41-/m1/s1. The Morgan fingerprint density at radius 1 is 1.04 bits per heavy atom. The lowest BCUT2D eigenvalue weighted by Gasteiger charge is -2.37. The molecule has 0 aliphatic carbocycles. The molecular formula is C41H53N3O7. The molecule has 3 aliphatic heterocycles. The summed E-state index contributed by atoms with van der Waals surface area (Å²) < 4.78 is 13.1. The summed E-state index contributed by atoms with van der Waals surface area (Å²) in [7, 11) is 1.70. The molecule has 3 fully saturated rings. The van der Waals surface area contributed by atoms with Crippen LogP contribution in [0, 0.1) is 11.8 Å². The Morgan fingerprint density at radius 3 is 2.39 bits per heavy atom. The number of nitrogens with zero attached hydrogens (tertiary/aromatic N) is 3. The fraction of sp³-hybridized carbons (Fsp3) is 0.512. The highest BCUT2D eigenvalue weighted by atomic mass is 16.6. The lowest BCUT2D eigenvalue weighted by molar-refractivity contribution is -0.164. The first-order valence-corrected chi connectivity index (χ1v) is 18.3. The van der Waals surface area contributed by atoms with E-state index in [1.54, 1.807) is 33.9 Å². The average molecular weight is 700 g/mol. The summed E-state index contributed by atoms with van der Waals surface area (Å²) in [5, 5.41) is 9.28. The van der Waals surface area contributed by atoms with Gasteiger partial charge in [0.2, 0.25) is 17.7 Å². The molecule has 51 heavy (non-hydrogen) atoms. The van der Waals surface area contributed by atoms with E-state index in [2.05, 4.69) is 13.2 Å². The Morgan fingerprint density at radius 2 is 1.73 bits per heavy atom. The van der Waals surface area contributed by atoms with E-state index in [1.165, 1.54) is 0 Å². The van der Waals surface area contributed by atoms with E-state index in [0.29, 0.717) is 45.2 Å². The molecule has 2 aromatic rings. The van der Waals surface area contributed by atoms with Crippen LogP contribution >= 0.6 is 0 Å². The zero-order valence-electron chi connectivity index (χ0n) is 30.0. The number of hydrogen-bond acceptors (Lipinski definition) is 7. The van der Waals surface area contributed by atoms with Gasteiger partial charge in [-0.25, -0.2) is 0 Å². The minimum Gasteiger partial charge on any atom is -0.455 e. The van der Waals surface area contributed by atoms with Crippen molar-refractivity contribution in [2.45, 2.75) is 94.7 Å². The van der Waals surface area contributed by atoms with Crippen LogP contribution in [0.5, 0.6) is 0 Å². The van der Waals surface area contributed by atoms with Crippen molar-refractivity contribution >= 4 is 23.7 Å². The van der Waals surface area contributed by atoms with Crippen molar-refractivity contribution in [3.63, 3.8) is 0 Å². The Bertz CT molecular complexity index is 1530. The third-order valence-electron chi connectivity index (χ3n) is 10.9. The molecule has 1 spiro atoms. The van der Waals surface area contributed by atoms with Crippen molar-refractivity contribution in [2.24, 2.45) is 11.8 Å². The lowest BCUT2D eigenvalue weighted by Crippen LogP contribution is -2.56. The zero-order valence-corrected chi connectivity index (χ0v) is 30.0. The van der Waals surface area contributed by atoms with E-state index in [9.17, 15) is 24.3 Å². The summed E-state index contributed by atoms with van der Waals surface area (Å²) in [6.45, 7) is 10.5. The zero-order chi connectivity index (χ0) is 36.5. The van der Waals surface area contributed by atoms with Crippen LogP contribution < -0.4 is 0 Å². The summed E-state index contributed by atoms with van der Waals surface area (Å²) in [4.78, 5) is 61.7. The number of likely N-dealkylation sites (tertiary alicyclic amines) is 1. The number of carbonyl (C=O) groups is 4. The van der Waals surface area contributed by atoms with Crippen LogP contribution in [0.1, 0.15) is 75.5 Å². The van der Waals surface area contributed by atoms with Gasteiger partial charge in [-0.3, -0.25) is 19.2 Å². The fourth-order valence-electron chi connectivity index (χ4n) is 8.18. The molecule has 0 unspecified atom stereocenters. The van der Waals surface area contributed by atoms with Gasteiger partial charge < -0.3 is 29.3 Å². The van der Waals surface area contributed by atoms with Crippen molar-refractivity contribution < 1.29 is 33.8 Å². The maximum atomic E-state index is 14.7. The number of rotatable bonds is 19. The number of ether oxygens (including phenoxy) is 2. The van der Waals surface area contributed by atoms with Crippen LogP contribution in [-0.2, 0) is 35.2 Å². The highest BCUT2D eigenvalue weighted by molar-refractivity contribution is 5.98. The molecule has 0 radical (unpaired) electrons. The van der Waals surface area contributed by atoms with Gasteiger partial charge in [0.15, 0.2) is 0 Å². The molecule has 3 aliphatic rings. The Balaban J connectivity index is 1.45. The first-order valence-electron chi connectivity index (χ1n) is 18.3. The minimum absolute atomic E-state index is 0.0943. The molecule has 3 heterocycles. The van der Waals surface area contributed by atoms with Gasteiger partial charge in [-0.2, -0.15) is 0 Å². The average Bonchev–Trinajstić information content (AvgIpc) is 3.79. The van der Waals surface area contributed by atoms with Crippen molar-refractivity contribution in [3.05, 3.63) is 97.1 Å². The van der Waals surface area contributed by atoms with Crippen LogP contribution in [0.4, 0.5) is 0 Å². The van der Waals surface area contributed by atoms with Gasteiger partial charge in [-0.1, -0.05) is 85.7 Å². The monoisotopic (exact) mass is 699 g/mol. The van der Waals surface area contributed by atoms with Crippen molar-refractivity contribution in [3.8, 4) is 0 Å². The predicted molar refractivity (Wildman–Crippen MR) is 194 cm³/mol. The number of hydrogen-bond donors (Lipinski definition) is 1. The summed E-state index contributed by atoms with van der Waals surface area (Å²) >= 11 is 0. The molecular weight excluding hydrogens is 646 g/mol. The van der Waals surface area contributed by atoms with Crippen LogP contribution in [0.3, 0.4) is 0 Å². The first kappa shape index (κ1) is 38.0. The van der Waals surface area contributed by atoms with Gasteiger partial charge >= 0.3 is 5.97 Å². The highest BCUT2D eigenvalue weighted by Crippen LogP contribution is 2.59. The largest absolute Gasteiger partial charge is 0.455 e. The second kappa shape index (κ2) is 17.3. The second-order valence-corrected chi connectivity index (χ2v) is 14.1. The number of esters is 1. The third-order valence-corrected chi connectivity index (χ3v) is 10.9. The number of aliphatic hydroxyl groups excluding tert-OH is 1. The van der Waals surface area contributed by atoms with Gasteiger partial charge in [0.25, 0.3) is 0 Å². The second-order valence-electron chi connectivity index (χ2n) is 14.1. The number of carbonyl (C=O) groups excluding carboxylic acids is 4. The molecule has 3 saturated heterocycles. The molecule has 0 aromatic heterocycles.